The van der Waals surface area contributed by atoms with Crippen molar-refractivity contribution in [3.8, 4) is 22.5 Å². The third-order valence-corrected chi connectivity index (χ3v) is 7.07. The maximum Gasteiger partial charge on any atom is 0.257 e. The first-order chi connectivity index (χ1) is 19.0. The molecule has 1 amide bonds. The number of fused-ring (bicyclic) bond motifs is 2. The summed E-state index contributed by atoms with van der Waals surface area (Å²) < 4.78 is 36.2. The number of imidazole rings is 1. The fourth-order valence-corrected chi connectivity index (χ4v) is 4.97. The van der Waals surface area contributed by atoms with E-state index in [0.717, 1.165) is 41.7 Å². The summed E-state index contributed by atoms with van der Waals surface area (Å²) in [4.78, 5) is 22.9. The van der Waals surface area contributed by atoms with Crippen molar-refractivity contribution >= 4 is 17.4 Å². The van der Waals surface area contributed by atoms with Crippen LogP contribution in [0.3, 0.4) is 0 Å². The Balaban J connectivity index is 1.27. The first-order valence-electron chi connectivity index (χ1n) is 12.5. The Hall–Kier alpha value is -4.55. The van der Waals surface area contributed by atoms with Gasteiger partial charge in [-0.25, -0.2) is 18.9 Å². The minimum atomic E-state index is -0.742. The molecule has 196 valence electrons. The number of carbonyl (C=O) groups excluding carboxylic acids is 1. The van der Waals surface area contributed by atoms with Gasteiger partial charge in [0.2, 0.25) is 5.95 Å². The molecule has 1 fully saturated rings. The van der Waals surface area contributed by atoms with Gasteiger partial charge in [-0.05, 0) is 42.5 Å². The van der Waals surface area contributed by atoms with Gasteiger partial charge in [0.05, 0.1) is 48.9 Å². The van der Waals surface area contributed by atoms with Crippen molar-refractivity contribution in [2.45, 2.75) is 19.1 Å². The van der Waals surface area contributed by atoms with Gasteiger partial charge < -0.3 is 10.1 Å². The zero-order valence-corrected chi connectivity index (χ0v) is 20.6. The summed E-state index contributed by atoms with van der Waals surface area (Å²) in [6.45, 7) is 3.70. The molecule has 0 bridgehead atoms. The smallest absolute Gasteiger partial charge is 0.257 e. The molecule has 4 aromatic heterocycles. The average molecular weight is 529 g/mol. The summed E-state index contributed by atoms with van der Waals surface area (Å²) in [6.07, 6.45) is 2.83. The molecule has 7 rings (SSSR count). The van der Waals surface area contributed by atoms with Gasteiger partial charge >= 0.3 is 0 Å². The summed E-state index contributed by atoms with van der Waals surface area (Å²) >= 11 is 0. The molecule has 1 saturated heterocycles. The number of ether oxygens (including phenoxy) is 1. The predicted octanol–water partition coefficient (Wildman–Crippen LogP) is 3.40. The Morgan fingerprint density at radius 1 is 1.03 bits per heavy atom. The molecule has 2 aliphatic rings. The molecule has 1 N–H and O–H groups in total. The highest BCUT2D eigenvalue weighted by Crippen LogP contribution is 2.36. The summed E-state index contributed by atoms with van der Waals surface area (Å²) in [5.74, 6) is -1.30. The molecule has 2 aliphatic heterocycles. The Labute approximate surface area is 220 Å². The van der Waals surface area contributed by atoms with E-state index in [0.29, 0.717) is 37.1 Å². The second kappa shape index (κ2) is 9.33. The van der Waals surface area contributed by atoms with E-state index in [1.54, 1.807) is 22.8 Å². The third-order valence-electron chi connectivity index (χ3n) is 7.07. The number of carbonyl (C=O) groups is 1. The number of rotatable bonds is 5. The first-order valence-corrected chi connectivity index (χ1v) is 12.5. The second-order valence-electron chi connectivity index (χ2n) is 9.53. The van der Waals surface area contributed by atoms with E-state index in [9.17, 15) is 13.6 Å². The second-order valence-corrected chi connectivity index (χ2v) is 9.53. The zero-order chi connectivity index (χ0) is 26.5. The Bertz CT molecular complexity index is 1710. The van der Waals surface area contributed by atoms with Crippen molar-refractivity contribution in [3.05, 3.63) is 83.9 Å². The third kappa shape index (κ3) is 4.33. The van der Waals surface area contributed by atoms with Crippen LogP contribution < -0.4 is 5.32 Å². The number of hydrogen-bond donors (Lipinski definition) is 1. The number of halogens is 2. The van der Waals surface area contributed by atoms with Crippen molar-refractivity contribution in [3.63, 3.8) is 0 Å². The van der Waals surface area contributed by atoms with Gasteiger partial charge in [0, 0.05) is 36.5 Å². The standard InChI is InChI=1S/C27H22F2N8O2/c28-18-3-1-16(2-4-18)26-25(21-12-35(19-14-39-15-19)9-10-36(21)34-26)20-5-6-24-31-23(13-37(24)33-20)32-27(38)17-7-8-30-22(29)11-17/h1-8,11,13,19H,9-10,12,14-15H2,(H,32,38). The van der Waals surface area contributed by atoms with Gasteiger partial charge in [-0.2, -0.15) is 14.6 Å². The molecule has 12 heteroatoms. The number of amides is 1. The Morgan fingerprint density at radius 3 is 2.64 bits per heavy atom. The lowest BCUT2D eigenvalue weighted by Crippen LogP contribution is -2.51. The molecule has 10 nitrogen and oxygen atoms in total. The van der Waals surface area contributed by atoms with Crippen LogP contribution in [0.15, 0.2) is 60.9 Å². The molecular weight excluding hydrogens is 506 g/mol. The number of aromatic nitrogens is 6. The van der Waals surface area contributed by atoms with Crippen LogP contribution in [0.2, 0.25) is 0 Å². The van der Waals surface area contributed by atoms with Gasteiger partial charge in [0.15, 0.2) is 11.5 Å². The van der Waals surface area contributed by atoms with Crippen molar-refractivity contribution in [1.82, 2.24) is 34.3 Å². The van der Waals surface area contributed by atoms with E-state index in [1.807, 2.05) is 16.8 Å². The summed E-state index contributed by atoms with van der Waals surface area (Å²) in [7, 11) is 0. The van der Waals surface area contributed by atoms with E-state index in [4.69, 9.17) is 14.9 Å². The lowest BCUT2D eigenvalue weighted by atomic mass is 10.0. The average Bonchev–Trinajstić information content (AvgIpc) is 3.48. The largest absolute Gasteiger partial charge is 0.378 e. The summed E-state index contributed by atoms with van der Waals surface area (Å²) in [6, 6.07) is 12.8. The fourth-order valence-electron chi connectivity index (χ4n) is 4.97. The van der Waals surface area contributed by atoms with Gasteiger partial charge in [0.25, 0.3) is 5.91 Å². The molecule has 0 aliphatic carbocycles. The number of nitrogens with zero attached hydrogens (tertiary/aromatic N) is 7. The van der Waals surface area contributed by atoms with Crippen LogP contribution in [-0.4, -0.2) is 66.0 Å². The lowest BCUT2D eigenvalue weighted by Gasteiger charge is -2.39. The molecule has 5 aromatic rings. The maximum atomic E-state index is 13.7. The molecule has 0 atom stereocenters. The lowest BCUT2D eigenvalue weighted by molar-refractivity contribution is -0.0734. The molecule has 0 spiro atoms. The molecule has 0 unspecified atom stereocenters. The first kappa shape index (κ1) is 23.6. The molecule has 0 radical (unpaired) electrons. The quantitative estimate of drug-likeness (QED) is 0.349. The predicted molar refractivity (Wildman–Crippen MR) is 137 cm³/mol. The van der Waals surface area contributed by atoms with Crippen LogP contribution in [0.1, 0.15) is 16.1 Å². The van der Waals surface area contributed by atoms with E-state index in [-0.39, 0.29) is 17.2 Å². The van der Waals surface area contributed by atoms with E-state index in [2.05, 4.69) is 20.2 Å². The number of hydrogen-bond acceptors (Lipinski definition) is 7. The van der Waals surface area contributed by atoms with Crippen molar-refractivity contribution in [2.75, 3.05) is 25.1 Å². The van der Waals surface area contributed by atoms with Crippen LogP contribution in [0.4, 0.5) is 14.6 Å². The van der Waals surface area contributed by atoms with Crippen LogP contribution in [-0.2, 0) is 17.8 Å². The fraction of sp³-hybridized carbons (Fsp3) is 0.222. The van der Waals surface area contributed by atoms with Crippen molar-refractivity contribution in [2.24, 2.45) is 0 Å². The van der Waals surface area contributed by atoms with Crippen LogP contribution >= 0.6 is 0 Å². The van der Waals surface area contributed by atoms with Gasteiger partial charge in [-0.1, -0.05) is 0 Å². The normalized spacial score (nSPS) is 15.7. The number of pyridine rings is 1. The van der Waals surface area contributed by atoms with Crippen LogP contribution in [0.5, 0.6) is 0 Å². The van der Waals surface area contributed by atoms with Crippen LogP contribution in [0, 0.1) is 11.8 Å². The molecule has 1 aromatic carbocycles. The minimum Gasteiger partial charge on any atom is -0.378 e. The van der Waals surface area contributed by atoms with Gasteiger partial charge in [0.1, 0.15) is 11.5 Å². The zero-order valence-electron chi connectivity index (χ0n) is 20.6. The molecule has 0 saturated carbocycles. The van der Waals surface area contributed by atoms with Crippen molar-refractivity contribution < 1.29 is 18.3 Å². The maximum absolute atomic E-state index is 13.7. The number of benzene rings is 1. The highest BCUT2D eigenvalue weighted by atomic mass is 19.1. The van der Waals surface area contributed by atoms with Gasteiger partial charge in [-0.3, -0.25) is 14.4 Å². The van der Waals surface area contributed by atoms with Crippen molar-refractivity contribution in [1.29, 1.82) is 0 Å². The number of anilines is 1. The summed E-state index contributed by atoms with van der Waals surface area (Å²) in [5.41, 5.74) is 4.71. The highest BCUT2D eigenvalue weighted by Gasteiger charge is 2.33. The topological polar surface area (TPSA) is 102 Å². The molecular formula is C27H22F2N8O2. The van der Waals surface area contributed by atoms with Crippen LogP contribution in [0.25, 0.3) is 28.2 Å². The van der Waals surface area contributed by atoms with E-state index < -0.39 is 11.9 Å². The summed E-state index contributed by atoms with van der Waals surface area (Å²) in [5, 5.41) is 12.4. The Morgan fingerprint density at radius 2 is 1.87 bits per heavy atom. The minimum absolute atomic E-state index is 0.130. The SMILES string of the molecule is O=C(Nc1cn2nc(-c3c(-c4ccc(F)cc4)nn4c3CN(C3COC3)CC4)ccc2n1)c1ccnc(F)c1. The van der Waals surface area contributed by atoms with E-state index in [1.165, 1.54) is 24.4 Å². The monoisotopic (exact) mass is 528 g/mol. The molecule has 6 heterocycles. The van der Waals surface area contributed by atoms with Gasteiger partial charge in [-0.15, -0.1) is 0 Å². The highest BCUT2D eigenvalue weighted by molar-refractivity contribution is 6.03. The molecule has 39 heavy (non-hydrogen) atoms. The Kier molecular flexibility index (Phi) is 5.63. The van der Waals surface area contributed by atoms with E-state index >= 15 is 0 Å². The number of nitrogens with one attached hydrogen (secondary N) is 1.